The number of nitrogens with one attached hydrogen (secondary N) is 2. The van der Waals surface area contributed by atoms with Crippen LogP contribution in [0.4, 0.5) is 0 Å². The van der Waals surface area contributed by atoms with Crippen LogP contribution in [-0.2, 0) is 6.42 Å². The Bertz CT molecular complexity index is 497. The van der Waals surface area contributed by atoms with Gasteiger partial charge in [-0.1, -0.05) is 26.1 Å². The van der Waals surface area contributed by atoms with E-state index in [1.54, 1.807) is 6.33 Å². The molecule has 14 heavy (non-hydrogen) atoms. The van der Waals surface area contributed by atoms with Gasteiger partial charge in [-0.25, -0.2) is 9.97 Å². The first-order chi connectivity index (χ1) is 6.66. The summed E-state index contributed by atoms with van der Waals surface area (Å²) in [5.41, 5.74) is 1.60. The second-order valence-corrected chi connectivity index (χ2v) is 4.10. The topological polar surface area (TPSA) is 57.4 Å². The smallest absolute Gasteiger partial charge is 0.160 e. The Hall–Kier alpha value is -1.23. The molecule has 0 fully saturated rings. The predicted octanol–water partition coefficient (Wildman–Crippen LogP) is 2.21. The summed E-state index contributed by atoms with van der Waals surface area (Å²) in [7, 11) is 0. The highest BCUT2D eigenvalue weighted by atomic mass is 32.1. The van der Waals surface area contributed by atoms with Gasteiger partial charge in [0.2, 0.25) is 0 Å². The van der Waals surface area contributed by atoms with Crippen molar-refractivity contribution in [2.24, 2.45) is 5.92 Å². The lowest BCUT2D eigenvalue weighted by atomic mass is 10.1. The minimum atomic E-state index is 0.560. The van der Waals surface area contributed by atoms with Crippen LogP contribution in [0.15, 0.2) is 6.33 Å². The van der Waals surface area contributed by atoms with Gasteiger partial charge in [-0.15, -0.1) is 0 Å². The third-order valence-corrected chi connectivity index (χ3v) is 2.25. The van der Waals surface area contributed by atoms with Gasteiger partial charge < -0.3 is 9.97 Å². The monoisotopic (exact) mass is 208 g/mol. The fourth-order valence-electron chi connectivity index (χ4n) is 1.38. The third-order valence-electron chi connectivity index (χ3n) is 1.95. The van der Waals surface area contributed by atoms with E-state index in [1.807, 2.05) is 0 Å². The number of hydrogen-bond donors (Lipinski definition) is 2. The molecule has 0 saturated carbocycles. The van der Waals surface area contributed by atoms with E-state index in [0.717, 1.165) is 23.4 Å². The maximum absolute atomic E-state index is 5.15. The largest absolute Gasteiger partial charge is 0.341 e. The van der Waals surface area contributed by atoms with E-state index in [4.69, 9.17) is 12.2 Å². The predicted molar refractivity (Wildman–Crippen MR) is 57.6 cm³/mol. The number of imidazole rings is 1. The van der Waals surface area contributed by atoms with Gasteiger partial charge in [-0.3, -0.25) is 0 Å². The number of H-pyrrole nitrogens is 2. The number of aromatic amines is 2. The van der Waals surface area contributed by atoms with Crippen molar-refractivity contribution >= 4 is 23.4 Å². The molecule has 0 aliphatic carbocycles. The summed E-state index contributed by atoms with van der Waals surface area (Å²) in [5, 5.41) is 0. The zero-order chi connectivity index (χ0) is 10.1. The molecule has 0 unspecified atom stereocenters. The summed E-state index contributed by atoms with van der Waals surface area (Å²) in [5.74, 6) is 1.47. The average molecular weight is 208 g/mol. The van der Waals surface area contributed by atoms with Gasteiger partial charge in [-0.05, 0) is 5.92 Å². The van der Waals surface area contributed by atoms with Crippen molar-refractivity contribution in [3.8, 4) is 0 Å². The molecule has 2 N–H and O–H groups in total. The molecule has 0 saturated heterocycles. The molecule has 0 atom stereocenters. The molecule has 2 aromatic rings. The van der Waals surface area contributed by atoms with Crippen LogP contribution in [0, 0.1) is 10.6 Å². The maximum atomic E-state index is 5.15. The first kappa shape index (κ1) is 9.33. The van der Waals surface area contributed by atoms with Crippen molar-refractivity contribution in [2.45, 2.75) is 20.3 Å². The van der Waals surface area contributed by atoms with E-state index < -0.39 is 0 Å². The Morgan fingerprint density at radius 2 is 2.29 bits per heavy atom. The molecule has 2 rings (SSSR count). The minimum absolute atomic E-state index is 0.560. The number of fused-ring (bicyclic) bond motifs is 1. The highest BCUT2D eigenvalue weighted by Gasteiger charge is 2.04. The van der Waals surface area contributed by atoms with Gasteiger partial charge >= 0.3 is 0 Å². The van der Waals surface area contributed by atoms with Gasteiger partial charge in [0, 0.05) is 6.42 Å². The van der Waals surface area contributed by atoms with Gasteiger partial charge in [0.25, 0.3) is 0 Å². The summed E-state index contributed by atoms with van der Waals surface area (Å²) in [4.78, 5) is 14.5. The standard InChI is InChI=1S/C9H12N4S/c1-5(2)3-6-12-8-7(9(14)13-6)10-4-11-8/h4-5H,3H2,1-2H3,(H2,10,11,12,13,14). The highest BCUT2D eigenvalue weighted by Crippen LogP contribution is 2.09. The van der Waals surface area contributed by atoms with Crippen molar-refractivity contribution in [3.63, 3.8) is 0 Å². The molecular weight excluding hydrogens is 196 g/mol. The first-order valence-electron chi connectivity index (χ1n) is 4.59. The molecule has 2 aromatic heterocycles. The van der Waals surface area contributed by atoms with E-state index in [2.05, 4.69) is 33.8 Å². The molecule has 74 valence electrons. The van der Waals surface area contributed by atoms with Crippen LogP contribution in [0.25, 0.3) is 11.2 Å². The van der Waals surface area contributed by atoms with E-state index in [9.17, 15) is 0 Å². The maximum Gasteiger partial charge on any atom is 0.160 e. The third kappa shape index (κ3) is 1.68. The van der Waals surface area contributed by atoms with Crippen LogP contribution >= 0.6 is 12.2 Å². The molecule has 0 bridgehead atoms. The summed E-state index contributed by atoms with van der Waals surface area (Å²) < 4.78 is 0.590. The van der Waals surface area contributed by atoms with Gasteiger partial charge in [-0.2, -0.15) is 0 Å². The molecule has 0 aliphatic heterocycles. The number of nitrogens with zero attached hydrogens (tertiary/aromatic N) is 2. The number of aromatic nitrogens is 4. The highest BCUT2D eigenvalue weighted by molar-refractivity contribution is 7.71. The van der Waals surface area contributed by atoms with Crippen LogP contribution in [0.1, 0.15) is 19.7 Å². The number of hydrogen-bond acceptors (Lipinski definition) is 3. The number of rotatable bonds is 2. The zero-order valence-electron chi connectivity index (χ0n) is 8.16. The van der Waals surface area contributed by atoms with Gasteiger partial charge in [0.1, 0.15) is 11.3 Å². The Morgan fingerprint density at radius 3 is 3.00 bits per heavy atom. The van der Waals surface area contributed by atoms with E-state index >= 15 is 0 Å². The summed E-state index contributed by atoms with van der Waals surface area (Å²) in [6.45, 7) is 4.29. The molecule has 0 radical (unpaired) electrons. The molecular formula is C9H12N4S. The fourth-order valence-corrected chi connectivity index (χ4v) is 1.64. The second-order valence-electron chi connectivity index (χ2n) is 3.71. The summed E-state index contributed by atoms with van der Waals surface area (Å²) >= 11 is 5.15. The van der Waals surface area contributed by atoms with E-state index in [0.29, 0.717) is 10.6 Å². The van der Waals surface area contributed by atoms with Crippen LogP contribution in [-0.4, -0.2) is 19.9 Å². The van der Waals surface area contributed by atoms with Crippen molar-refractivity contribution < 1.29 is 0 Å². The van der Waals surface area contributed by atoms with Crippen LogP contribution in [0.2, 0.25) is 0 Å². The van der Waals surface area contributed by atoms with Gasteiger partial charge in [0.05, 0.1) is 6.33 Å². The average Bonchev–Trinajstić information content (AvgIpc) is 2.50. The normalized spacial score (nSPS) is 11.4. The zero-order valence-corrected chi connectivity index (χ0v) is 8.98. The van der Waals surface area contributed by atoms with Crippen molar-refractivity contribution in [1.82, 2.24) is 19.9 Å². The second kappa shape index (κ2) is 3.49. The summed E-state index contributed by atoms with van der Waals surface area (Å²) in [6, 6.07) is 0. The Morgan fingerprint density at radius 1 is 1.50 bits per heavy atom. The quantitative estimate of drug-likeness (QED) is 0.744. The molecule has 0 amide bonds. The lowest BCUT2D eigenvalue weighted by molar-refractivity contribution is 0.622. The van der Waals surface area contributed by atoms with Crippen molar-refractivity contribution in [1.29, 1.82) is 0 Å². The first-order valence-corrected chi connectivity index (χ1v) is 5.00. The molecule has 0 aromatic carbocycles. The molecule has 0 spiro atoms. The van der Waals surface area contributed by atoms with Crippen molar-refractivity contribution in [3.05, 3.63) is 16.8 Å². The Balaban J connectivity index is 2.53. The van der Waals surface area contributed by atoms with Crippen LogP contribution in [0.3, 0.4) is 0 Å². The van der Waals surface area contributed by atoms with Crippen molar-refractivity contribution in [2.75, 3.05) is 0 Å². The summed E-state index contributed by atoms with van der Waals surface area (Å²) in [6.07, 6.45) is 2.52. The Kier molecular flexibility index (Phi) is 2.33. The lowest BCUT2D eigenvalue weighted by Crippen LogP contribution is -2.01. The Labute approximate surface area is 86.8 Å². The lowest BCUT2D eigenvalue weighted by Gasteiger charge is -2.03. The fraction of sp³-hybridized carbons (Fsp3) is 0.444. The molecule has 2 heterocycles. The molecule has 4 nitrogen and oxygen atoms in total. The SMILES string of the molecule is CC(C)Cc1nc(=S)c2[nH]cnc2[nH]1. The van der Waals surface area contributed by atoms with E-state index in [1.165, 1.54) is 0 Å². The van der Waals surface area contributed by atoms with Crippen LogP contribution < -0.4 is 0 Å². The van der Waals surface area contributed by atoms with Crippen LogP contribution in [0.5, 0.6) is 0 Å². The van der Waals surface area contributed by atoms with E-state index in [-0.39, 0.29) is 0 Å². The minimum Gasteiger partial charge on any atom is -0.341 e. The van der Waals surface area contributed by atoms with Gasteiger partial charge in [0.15, 0.2) is 10.3 Å². The molecule has 5 heteroatoms. The molecule has 0 aliphatic rings.